The molecule has 78 heavy (non-hydrogen) atoms. The van der Waals surface area contributed by atoms with Gasteiger partial charge in [-0.2, -0.15) is 25.3 Å². The van der Waals surface area contributed by atoms with Gasteiger partial charge in [0.2, 0.25) is 29.5 Å². The number of hydrogen-bond donors (Lipinski definition) is 5. The van der Waals surface area contributed by atoms with E-state index in [1.807, 2.05) is 0 Å². The molecule has 15 atom stereocenters. The number of amides is 5. The lowest BCUT2D eigenvalue weighted by molar-refractivity contribution is -0.158. The zero-order chi connectivity index (χ0) is 57.0. The van der Waals surface area contributed by atoms with Gasteiger partial charge in [-0.25, -0.2) is 0 Å². The van der Waals surface area contributed by atoms with Crippen molar-refractivity contribution >= 4 is 83.8 Å². The van der Waals surface area contributed by atoms with Gasteiger partial charge in [0.1, 0.15) is 43.2 Å². The maximum absolute atomic E-state index is 12.0. The number of carbonyl (C=O) groups is 9. The molecule has 5 amide bonds. The molecule has 15 unspecified atom stereocenters. The first-order chi connectivity index (χ1) is 36.7. The fourth-order valence-corrected chi connectivity index (χ4v) is 17.5. The molecule has 30 heteroatoms. The third-order valence-corrected chi connectivity index (χ3v) is 20.6. The van der Waals surface area contributed by atoms with Crippen LogP contribution < -0.4 is 26.6 Å². The van der Waals surface area contributed by atoms with Crippen LogP contribution in [0.2, 0.25) is 0 Å². The normalized spacial score (nSPS) is 32.9. The highest BCUT2D eigenvalue weighted by Crippen LogP contribution is 2.57. The van der Waals surface area contributed by atoms with Crippen LogP contribution in [-0.4, -0.2) is 170 Å². The van der Waals surface area contributed by atoms with Crippen molar-refractivity contribution in [3.8, 4) is 0 Å². The van der Waals surface area contributed by atoms with Crippen molar-refractivity contribution in [2.24, 2.45) is 35.5 Å². The van der Waals surface area contributed by atoms with Gasteiger partial charge in [-0.15, -0.1) is 0 Å². The summed E-state index contributed by atoms with van der Waals surface area (Å²) >= 11 is 0. The molecule has 6 bridgehead atoms. The molecular formula is C48H65N5O22S3. The Bertz CT molecular complexity index is 2810. The summed E-state index contributed by atoms with van der Waals surface area (Å²) in [5.74, 6) is -4.49. The maximum atomic E-state index is 12.0. The van der Waals surface area contributed by atoms with Gasteiger partial charge < -0.3 is 45.5 Å². The molecule has 3 heterocycles. The van der Waals surface area contributed by atoms with Gasteiger partial charge in [-0.3, -0.25) is 55.7 Å². The topological polar surface area (TPSA) is 381 Å². The minimum absolute atomic E-state index is 0.00453. The molecular weight excluding hydrogens is 1090 g/mol. The van der Waals surface area contributed by atoms with Crippen LogP contribution in [0.15, 0.2) is 37.0 Å². The lowest BCUT2D eigenvalue weighted by atomic mass is 9.94. The largest absolute Gasteiger partial charge is 0.464 e. The molecule has 0 aromatic heterocycles. The van der Waals surface area contributed by atoms with Crippen LogP contribution in [0.1, 0.15) is 78.1 Å². The van der Waals surface area contributed by atoms with E-state index in [-0.39, 0.29) is 106 Å². The quantitative estimate of drug-likeness (QED) is 0.0261. The number of hydrogen-bond acceptors (Lipinski definition) is 22. The van der Waals surface area contributed by atoms with Crippen LogP contribution in [0.5, 0.6) is 0 Å². The van der Waals surface area contributed by atoms with E-state index in [1.165, 1.54) is 6.92 Å². The van der Waals surface area contributed by atoms with E-state index in [0.29, 0.717) is 49.7 Å². The third kappa shape index (κ3) is 13.9. The summed E-state index contributed by atoms with van der Waals surface area (Å²) in [6.07, 6.45) is 0.778. The number of nitrogens with one attached hydrogen (secondary N) is 5. The van der Waals surface area contributed by atoms with Crippen molar-refractivity contribution in [2.75, 3.05) is 39.3 Å². The fourth-order valence-electron chi connectivity index (χ4n) is 11.8. The number of rotatable bonds is 22. The van der Waals surface area contributed by atoms with Crippen LogP contribution in [0, 0.1) is 35.5 Å². The summed E-state index contributed by atoms with van der Waals surface area (Å²) in [4.78, 5) is 104. The minimum atomic E-state index is -3.55. The molecule has 6 aliphatic carbocycles. The van der Waals surface area contributed by atoms with E-state index in [4.69, 9.17) is 31.5 Å². The Morgan fingerprint density at radius 1 is 0.487 bits per heavy atom. The lowest BCUT2D eigenvalue weighted by Crippen LogP contribution is -2.39. The van der Waals surface area contributed by atoms with Gasteiger partial charge in [0, 0.05) is 59.7 Å². The van der Waals surface area contributed by atoms with Gasteiger partial charge in [0.15, 0.2) is 0 Å². The molecule has 3 aliphatic heterocycles. The van der Waals surface area contributed by atoms with E-state index >= 15 is 0 Å². The van der Waals surface area contributed by atoms with Gasteiger partial charge >= 0.3 is 23.9 Å². The number of ether oxygens (including phenoxy) is 4. The fraction of sp³-hybridized carbons (Fsp3) is 0.688. The molecule has 9 rings (SSSR count). The molecule has 0 spiro atoms. The Morgan fingerprint density at radius 2 is 0.846 bits per heavy atom. The number of fused-ring (bicyclic) bond motifs is 3. The lowest BCUT2D eigenvalue weighted by Gasteiger charge is -2.24. The van der Waals surface area contributed by atoms with Crippen molar-refractivity contribution in [1.82, 2.24) is 26.6 Å². The molecule has 6 saturated carbocycles. The average molecular weight is 1160 g/mol. The van der Waals surface area contributed by atoms with E-state index in [9.17, 15) is 68.4 Å². The number of esters is 4. The van der Waals surface area contributed by atoms with E-state index < -0.39 is 130 Å². The highest BCUT2D eigenvalue weighted by Gasteiger charge is 2.67. The second kappa shape index (κ2) is 24.7. The SMILES string of the molecule is C=C(C)C(=O)NCC(=O)NCCC(=O)OC1C2CC3C1OS(=O)(=O)C3C2.C=C(C)C(=O)NCCOC(=O)CCC(=O)OC1C2CC3C1OS(=O)(=O)C3C2.C=CC(=O)NCC(=O)NCCC(=O)OC1C2CC3C1OS(=O)(=O)C3C2. The van der Waals surface area contributed by atoms with Crippen molar-refractivity contribution in [2.45, 2.75) is 130 Å². The predicted molar refractivity (Wildman–Crippen MR) is 265 cm³/mol. The van der Waals surface area contributed by atoms with Gasteiger partial charge in [0.25, 0.3) is 30.4 Å². The van der Waals surface area contributed by atoms with Crippen LogP contribution in [0.25, 0.3) is 0 Å². The van der Waals surface area contributed by atoms with Crippen LogP contribution in [0.4, 0.5) is 0 Å². The summed E-state index contributed by atoms with van der Waals surface area (Å²) in [5, 5.41) is 10.8. The van der Waals surface area contributed by atoms with Crippen molar-refractivity contribution in [3.63, 3.8) is 0 Å². The highest BCUT2D eigenvalue weighted by atomic mass is 32.2. The van der Waals surface area contributed by atoms with Crippen molar-refractivity contribution < 1.29 is 99.9 Å². The third-order valence-electron chi connectivity index (χ3n) is 15.3. The Balaban J connectivity index is 0.000000170. The molecule has 5 N–H and O–H groups in total. The summed E-state index contributed by atoms with van der Waals surface area (Å²) in [5.41, 5.74) is 0.653. The molecule has 0 aromatic carbocycles. The maximum Gasteiger partial charge on any atom is 0.307 e. The molecule has 0 radical (unpaired) electrons. The summed E-state index contributed by atoms with van der Waals surface area (Å²) in [7, 11) is -10.6. The molecule has 0 aromatic rings. The zero-order valence-corrected chi connectivity index (χ0v) is 45.3. The summed E-state index contributed by atoms with van der Waals surface area (Å²) in [6.45, 7) is 13.2. The van der Waals surface area contributed by atoms with E-state index in [1.54, 1.807) is 6.92 Å². The Morgan fingerprint density at radius 3 is 1.23 bits per heavy atom. The minimum Gasteiger partial charge on any atom is -0.464 e. The standard InChI is InChI=1S/C17H23NO8S.C16H22N2O7S.C15H20N2O7S/c1-9(2)17(21)18-5-6-24-13(19)3-4-14(20)25-15-10-7-11-12(8-10)27(22,23)26-16(11)15;1-8(2)16(21)18-7-12(19)17-4-3-13(20)24-14-9-5-10-11(6-9)26(22,23)25-15(10)14;1-2-11(18)17-7-12(19)16-4-3-13(20)23-14-8-5-9-10(6-8)25(21,22)24-15(9)14/h10-12,15-16H,1,3-8H2,2H3,(H,18,21);9-11,14-15H,1,3-7H2,2H3,(H,17,19)(H,18,21);2,8-10,14-15H,1,3-7H2,(H,16,19)(H,17,18). The van der Waals surface area contributed by atoms with E-state index in [0.717, 1.165) is 6.08 Å². The van der Waals surface area contributed by atoms with Crippen LogP contribution >= 0.6 is 0 Å². The first-order valence-electron chi connectivity index (χ1n) is 25.5. The molecule has 9 aliphatic rings. The second-order valence-corrected chi connectivity index (χ2v) is 26.0. The summed E-state index contributed by atoms with van der Waals surface area (Å²) < 4.78 is 108. The second-order valence-electron chi connectivity index (χ2n) is 20.7. The first kappa shape index (κ1) is 59.8. The Kier molecular flexibility index (Phi) is 18.9. The van der Waals surface area contributed by atoms with Gasteiger partial charge in [-0.1, -0.05) is 19.7 Å². The smallest absolute Gasteiger partial charge is 0.307 e. The van der Waals surface area contributed by atoms with Crippen molar-refractivity contribution in [3.05, 3.63) is 37.0 Å². The summed E-state index contributed by atoms with van der Waals surface area (Å²) in [6, 6.07) is 0. The monoisotopic (exact) mass is 1160 g/mol. The molecule has 3 saturated heterocycles. The predicted octanol–water partition coefficient (Wildman–Crippen LogP) is -1.87. The first-order valence-corrected chi connectivity index (χ1v) is 29.9. The average Bonchev–Trinajstić information content (AvgIpc) is 4.36. The molecule has 432 valence electrons. The van der Waals surface area contributed by atoms with Gasteiger partial charge in [-0.05, 0) is 58.4 Å². The van der Waals surface area contributed by atoms with E-state index in [2.05, 4.69) is 46.3 Å². The number of carbonyl (C=O) groups excluding carboxylic acids is 9. The molecule has 27 nitrogen and oxygen atoms in total. The zero-order valence-electron chi connectivity index (χ0n) is 42.9. The highest BCUT2D eigenvalue weighted by molar-refractivity contribution is 7.88. The van der Waals surface area contributed by atoms with Crippen LogP contribution in [-0.2, 0) is 105 Å². The Hall–Kier alpha value is -5.82. The van der Waals surface area contributed by atoms with Gasteiger partial charge in [0.05, 0.1) is 61.1 Å². The van der Waals surface area contributed by atoms with Crippen LogP contribution in [0.3, 0.4) is 0 Å². The van der Waals surface area contributed by atoms with Crippen molar-refractivity contribution in [1.29, 1.82) is 0 Å². The molecule has 9 fully saturated rings. The Labute approximate surface area is 450 Å².